The van der Waals surface area contributed by atoms with E-state index in [1.807, 2.05) is 48.5 Å². The molecule has 1 amide bonds. The van der Waals surface area contributed by atoms with Gasteiger partial charge >= 0.3 is 5.97 Å². The third-order valence-electron chi connectivity index (χ3n) is 4.78. The summed E-state index contributed by atoms with van der Waals surface area (Å²) in [7, 11) is 0. The molecule has 1 fully saturated rings. The number of para-hydroxylation sites is 1. The highest BCUT2D eigenvalue weighted by atomic mass is 16.5. The Morgan fingerprint density at radius 3 is 2.37 bits per heavy atom. The van der Waals surface area contributed by atoms with Crippen LogP contribution in [0, 0.1) is 0 Å². The third kappa shape index (κ3) is 3.67. The minimum atomic E-state index is -0.954. The number of benzene rings is 2. The fourth-order valence-electron chi connectivity index (χ4n) is 3.34. The zero-order valence-corrected chi connectivity index (χ0v) is 14.9. The standard InChI is InChI=1S/C22H20N2O3/c25-21(24-14-6-7-15-24)20(17-9-2-1-3-10-17)27-22(26)19-13-12-16-8-4-5-11-18(16)23-19/h1-5,8-13,20H,6-7,14-15H2/t20-/m1/s1. The Labute approximate surface area is 157 Å². The van der Waals surface area contributed by atoms with Crippen molar-refractivity contribution in [2.75, 3.05) is 13.1 Å². The molecule has 5 heteroatoms. The fourth-order valence-corrected chi connectivity index (χ4v) is 3.34. The van der Waals surface area contributed by atoms with Crippen LogP contribution in [0.4, 0.5) is 0 Å². The van der Waals surface area contributed by atoms with Crippen LogP contribution in [0.2, 0.25) is 0 Å². The Balaban J connectivity index is 1.61. The molecule has 27 heavy (non-hydrogen) atoms. The predicted molar refractivity (Wildman–Crippen MR) is 102 cm³/mol. The van der Waals surface area contributed by atoms with Gasteiger partial charge in [-0.15, -0.1) is 0 Å². The average Bonchev–Trinajstić information content (AvgIpc) is 3.26. The normalized spacial score (nSPS) is 14.9. The Morgan fingerprint density at radius 2 is 1.59 bits per heavy atom. The van der Waals surface area contributed by atoms with Crippen LogP contribution in [0.5, 0.6) is 0 Å². The summed E-state index contributed by atoms with van der Waals surface area (Å²) in [5, 5.41) is 0.946. The van der Waals surface area contributed by atoms with Crippen LogP contribution in [-0.2, 0) is 9.53 Å². The summed E-state index contributed by atoms with van der Waals surface area (Å²) in [6.07, 6.45) is 1.01. The van der Waals surface area contributed by atoms with Crippen molar-refractivity contribution in [1.82, 2.24) is 9.88 Å². The number of esters is 1. The molecule has 1 aromatic heterocycles. The third-order valence-corrected chi connectivity index (χ3v) is 4.78. The van der Waals surface area contributed by atoms with Crippen LogP contribution in [0.1, 0.15) is 35.0 Å². The molecular weight excluding hydrogens is 340 g/mol. The average molecular weight is 360 g/mol. The molecule has 136 valence electrons. The van der Waals surface area contributed by atoms with Gasteiger partial charge in [0, 0.05) is 24.0 Å². The fraction of sp³-hybridized carbons (Fsp3) is 0.227. The highest BCUT2D eigenvalue weighted by Crippen LogP contribution is 2.24. The topological polar surface area (TPSA) is 59.5 Å². The van der Waals surface area contributed by atoms with Gasteiger partial charge in [-0.2, -0.15) is 0 Å². The number of rotatable bonds is 4. The van der Waals surface area contributed by atoms with E-state index in [4.69, 9.17) is 4.74 Å². The molecule has 0 N–H and O–H groups in total. The number of hydrogen-bond donors (Lipinski definition) is 0. The summed E-state index contributed by atoms with van der Waals surface area (Å²) >= 11 is 0. The number of carbonyl (C=O) groups is 2. The molecule has 1 aliphatic heterocycles. The van der Waals surface area contributed by atoms with E-state index in [0.29, 0.717) is 24.2 Å². The minimum Gasteiger partial charge on any atom is -0.443 e. The first-order chi connectivity index (χ1) is 13.2. The summed E-state index contributed by atoms with van der Waals surface area (Å²) in [6.45, 7) is 1.40. The number of carbonyl (C=O) groups excluding carboxylic acids is 2. The monoisotopic (exact) mass is 360 g/mol. The summed E-state index contributed by atoms with van der Waals surface area (Å²) in [6, 6.07) is 20.2. The van der Waals surface area contributed by atoms with E-state index >= 15 is 0 Å². The van der Waals surface area contributed by atoms with Crippen molar-refractivity contribution in [2.24, 2.45) is 0 Å². The Kier molecular flexibility index (Phi) is 4.83. The number of ether oxygens (including phenoxy) is 1. The van der Waals surface area contributed by atoms with Crippen molar-refractivity contribution in [2.45, 2.75) is 18.9 Å². The van der Waals surface area contributed by atoms with Crippen molar-refractivity contribution in [1.29, 1.82) is 0 Å². The van der Waals surface area contributed by atoms with Gasteiger partial charge < -0.3 is 9.64 Å². The second kappa shape index (κ2) is 7.58. The summed E-state index contributed by atoms with van der Waals surface area (Å²) < 4.78 is 5.65. The maximum absolute atomic E-state index is 13.0. The zero-order valence-electron chi connectivity index (χ0n) is 14.9. The summed E-state index contributed by atoms with van der Waals surface area (Å²) in [5.74, 6) is -0.769. The largest absolute Gasteiger partial charge is 0.443 e. The molecule has 1 atom stereocenters. The number of likely N-dealkylation sites (tertiary alicyclic amines) is 1. The van der Waals surface area contributed by atoms with Gasteiger partial charge in [0.1, 0.15) is 5.69 Å². The first-order valence-corrected chi connectivity index (χ1v) is 9.13. The van der Waals surface area contributed by atoms with Crippen molar-refractivity contribution in [3.8, 4) is 0 Å². The number of amides is 1. The number of nitrogens with zero attached hydrogens (tertiary/aromatic N) is 2. The Bertz CT molecular complexity index is 965. The smallest absolute Gasteiger partial charge is 0.358 e. The lowest BCUT2D eigenvalue weighted by molar-refractivity contribution is -0.140. The summed E-state index contributed by atoms with van der Waals surface area (Å²) in [5.41, 5.74) is 1.58. The quantitative estimate of drug-likeness (QED) is 0.665. The predicted octanol–water partition coefficient (Wildman–Crippen LogP) is 3.76. The molecule has 1 saturated heterocycles. The highest BCUT2D eigenvalue weighted by molar-refractivity contribution is 5.93. The van der Waals surface area contributed by atoms with Crippen molar-refractivity contribution >= 4 is 22.8 Å². The molecule has 2 aromatic carbocycles. The molecule has 5 nitrogen and oxygen atoms in total. The van der Waals surface area contributed by atoms with E-state index in [9.17, 15) is 9.59 Å². The van der Waals surface area contributed by atoms with E-state index < -0.39 is 12.1 Å². The van der Waals surface area contributed by atoms with Gasteiger partial charge in [0.25, 0.3) is 5.91 Å². The molecule has 0 bridgehead atoms. The molecule has 0 spiro atoms. The first kappa shape index (κ1) is 17.2. The summed E-state index contributed by atoms with van der Waals surface area (Å²) in [4.78, 5) is 31.8. The number of fused-ring (bicyclic) bond motifs is 1. The number of hydrogen-bond acceptors (Lipinski definition) is 4. The van der Waals surface area contributed by atoms with Crippen LogP contribution in [-0.4, -0.2) is 34.8 Å². The van der Waals surface area contributed by atoms with Crippen molar-refractivity contribution < 1.29 is 14.3 Å². The van der Waals surface area contributed by atoms with Gasteiger partial charge in [-0.3, -0.25) is 4.79 Å². The van der Waals surface area contributed by atoms with Gasteiger partial charge in [0.2, 0.25) is 6.10 Å². The molecule has 0 unspecified atom stereocenters. The SMILES string of the molecule is O=C(O[C@@H](C(=O)N1CCCC1)c1ccccc1)c1ccc2ccccc2n1. The lowest BCUT2D eigenvalue weighted by Gasteiger charge is -2.23. The van der Waals surface area contributed by atoms with Crippen LogP contribution < -0.4 is 0 Å². The van der Waals surface area contributed by atoms with Gasteiger partial charge in [-0.05, 0) is 25.0 Å². The lowest BCUT2D eigenvalue weighted by atomic mass is 10.1. The molecule has 0 saturated carbocycles. The highest BCUT2D eigenvalue weighted by Gasteiger charge is 2.31. The molecular formula is C22H20N2O3. The zero-order chi connectivity index (χ0) is 18.6. The number of pyridine rings is 1. The van der Waals surface area contributed by atoms with Crippen LogP contribution in [0.25, 0.3) is 10.9 Å². The molecule has 2 heterocycles. The van der Waals surface area contributed by atoms with Gasteiger partial charge in [-0.1, -0.05) is 54.6 Å². The van der Waals surface area contributed by atoms with E-state index in [1.54, 1.807) is 23.1 Å². The van der Waals surface area contributed by atoms with E-state index in [-0.39, 0.29) is 11.6 Å². The van der Waals surface area contributed by atoms with Crippen LogP contribution in [0.3, 0.4) is 0 Å². The second-order valence-electron chi connectivity index (χ2n) is 6.62. The molecule has 4 rings (SSSR count). The van der Waals surface area contributed by atoms with Gasteiger partial charge in [-0.25, -0.2) is 9.78 Å². The Morgan fingerprint density at radius 1 is 0.889 bits per heavy atom. The van der Waals surface area contributed by atoms with E-state index in [0.717, 1.165) is 18.2 Å². The van der Waals surface area contributed by atoms with E-state index in [2.05, 4.69) is 4.98 Å². The minimum absolute atomic E-state index is 0.173. The maximum atomic E-state index is 13.0. The molecule has 0 aliphatic carbocycles. The molecule has 0 radical (unpaired) electrons. The van der Waals surface area contributed by atoms with Crippen molar-refractivity contribution in [3.63, 3.8) is 0 Å². The van der Waals surface area contributed by atoms with E-state index in [1.165, 1.54) is 0 Å². The van der Waals surface area contributed by atoms with Crippen LogP contribution >= 0.6 is 0 Å². The molecule has 3 aromatic rings. The van der Waals surface area contributed by atoms with Crippen LogP contribution in [0.15, 0.2) is 66.7 Å². The first-order valence-electron chi connectivity index (χ1n) is 9.13. The maximum Gasteiger partial charge on any atom is 0.358 e. The molecule has 1 aliphatic rings. The van der Waals surface area contributed by atoms with Crippen molar-refractivity contribution in [3.05, 3.63) is 78.0 Å². The Hall–Kier alpha value is -3.21. The lowest BCUT2D eigenvalue weighted by Crippen LogP contribution is -2.35. The van der Waals surface area contributed by atoms with Gasteiger partial charge in [0.15, 0.2) is 0 Å². The van der Waals surface area contributed by atoms with Gasteiger partial charge in [0.05, 0.1) is 5.52 Å². The number of aromatic nitrogens is 1. The second-order valence-corrected chi connectivity index (χ2v) is 6.62.